The second-order valence-electron chi connectivity index (χ2n) is 9.08. The summed E-state index contributed by atoms with van der Waals surface area (Å²) in [6.07, 6.45) is 5.74. The molecule has 2 aromatic rings. The molecule has 33 heavy (non-hydrogen) atoms. The number of hydrogen-bond acceptors (Lipinski definition) is 5. The van der Waals surface area contributed by atoms with Crippen LogP contribution < -0.4 is 10.1 Å². The largest absolute Gasteiger partial charge is 0.508 e. The lowest BCUT2D eigenvalue weighted by molar-refractivity contribution is -0.139. The van der Waals surface area contributed by atoms with Gasteiger partial charge in [-0.05, 0) is 92.3 Å². The number of benzene rings is 2. The minimum Gasteiger partial charge on any atom is -0.508 e. The summed E-state index contributed by atoms with van der Waals surface area (Å²) in [4.78, 5) is 34.3. The Morgan fingerprint density at radius 3 is 2.67 bits per heavy atom. The Balaban J connectivity index is 1.53. The maximum atomic E-state index is 12.0. The number of nitrogens with one attached hydrogen (secondary N) is 1. The Labute approximate surface area is 192 Å². The minimum atomic E-state index is -1.16. The number of carbonyl (C=O) groups is 3. The molecule has 1 unspecified atom stereocenters. The molecule has 0 heterocycles. The number of rotatable bonds is 8. The van der Waals surface area contributed by atoms with Crippen molar-refractivity contribution in [3.05, 3.63) is 46.5 Å². The van der Waals surface area contributed by atoms with Gasteiger partial charge in [-0.3, -0.25) is 14.4 Å². The van der Waals surface area contributed by atoms with E-state index < -0.39 is 18.3 Å². The SMILES string of the molecule is Cc1cc(NC(=O)CC(=O)O)c2c(c1Oc1ccc(O)c(CCC3CCC(=O)C3)c1)CCC2. The molecule has 2 aliphatic rings. The standard InChI is InChI=1S/C26H29NO6/c1-15-11-22(27-24(30)14-25(31)32)20-3-2-4-21(20)26(15)33-19-9-10-23(29)17(13-19)7-5-16-6-8-18(28)12-16/h9-11,13,16,29H,2-8,12,14H2,1H3,(H,27,30)(H,31,32). The molecule has 0 saturated heterocycles. The highest BCUT2D eigenvalue weighted by atomic mass is 16.5. The molecule has 0 bridgehead atoms. The van der Waals surface area contributed by atoms with Crippen molar-refractivity contribution in [1.82, 2.24) is 0 Å². The van der Waals surface area contributed by atoms with Gasteiger partial charge in [0.15, 0.2) is 0 Å². The molecule has 1 fully saturated rings. The highest BCUT2D eigenvalue weighted by Crippen LogP contribution is 2.41. The van der Waals surface area contributed by atoms with E-state index in [0.717, 1.165) is 60.1 Å². The molecule has 0 spiro atoms. The van der Waals surface area contributed by atoms with Crippen LogP contribution >= 0.6 is 0 Å². The molecule has 7 heteroatoms. The van der Waals surface area contributed by atoms with Gasteiger partial charge in [0.05, 0.1) is 0 Å². The van der Waals surface area contributed by atoms with Gasteiger partial charge in [0.1, 0.15) is 29.5 Å². The summed E-state index contributed by atoms with van der Waals surface area (Å²) < 4.78 is 6.29. The number of aromatic hydroxyl groups is 1. The van der Waals surface area contributed by atoms with E-state index in [9.17, 15) is 19.5 Å². The lowest BCUT2D eigenvalue weighted by Crippen LogP contribution is -2.17. The molecule has 2 aliphatic carbocycles. The molecular weight excluding hydrogens is 422 g/mol. The molecule has 1 amide bonds. The molecule has 4 rings (SSSR count). The second-order valence-corrected chi connectivity index (χ2v) is 9.08. The number of anilines is 1. The van der Waals surface area contributed by atoms with Gasteiger partial charge in [0, 0.05) is 24.1 Å². The fraction of sp³-hybridized carbons (Fsp3) is 0.423. The van der Waals surface area contributed by atoms with Gasteiger partial charge in [0.2, 0.25) is 5.91 Å². The Morgan fingerprint density at radius 2 is 1.94 bits per heavy atom. The van der Waals surface area contributed by atoms with Gasteiger partial charge in [0.25, 0.3) is 0 Å². The number of phenolic OH excluding ortho intramolecular Hbond substituents is 1. The Bertz CT molecular complexity index is 1110. The molecule has 3 N–H and O–H groups in total. The van der Waals surface area contributed by atoms with Crippen molar-refractivity contribution in [2.45, 2.75) is 64.7 Å². The number of phenols is 1. The van der Waals surface area contributed by atoms with Crippen molar-refractivity contribution in [2.24, 2.45) is 5.92 Å². The van der Waals surface area contributed by atoms with Gasteiger partial charge in [-0.2, -0.15) is 0 Å². The fourth-order valence-electron chi connectivity index (χ4n) is 4.92. The molecule has 0 radical (unpaired) electrons. The van der Waals surface area contributed by atoms with Crippen LogP contribution in [0.5, 0.6) is 17.2 Å². The predicted octanol–water partition coefficient (Wildman–Crippen LogP) is 4.70. The van der Waals surface area contributed by atoms with Crippen molar-refractivity contribution in [2.75, 3.05) is 5.32 Å². The van der Waals surface area contributed by atoms with Crippen LogP contribution in [0.4, 0.5) is 5.69 Å². The van der Waals surface area contributed by atoms with Crippen LogP contribution in [0.1, 0.15) is 60.8 Å². The number of carboxylic acid groups (broad SMARTS) is 1. The molecule has 0 aliphatic heterocycles. The summed E-state index contributed by atoms with van der Waals surface area (Å²) in [5.74, 6) is 0.608. The molecule has 2 aromatic carbocycles. The number of carboxylic acids is 1. The van der Waals surface area contributed by atoms with Crippen LogP contribution in [-0.4, -0.2) is 27.9 Å². The van der Waals surface area contributed by atoms with Crippen LogP contribution in [0, 0.1) is 12.8 Å². The first-order valence-corrected chi connectivity index (χ1v) is 11.5. The summed E-state index contributed by atoms with van der Waals surface area (Å²) in [7, 11) is 0. The number of aliphatic carboxylic acids is 1. The minimum absolute atomic E-state index is 0.227. The summed E-state index contributed by atoms with van der Waals surface area (Å²) in [5.41, 5.74) is 4.31. The van der Waals surface area contributed by atoms with Crippen molar-refractivity contribution in [3.63, 3.8) is 0 Å². The number of ketones is 1. The van der Waals surface area contributed by atoms with Crippen molar-refractivity contribution in [1.29, 1.82) is 0 Å². The van der Waals surface area contributed by atoms with Crippen LogP contribution in [0.3, 0.4) is 0 Å². The fourth-order valence-corrected chi connectivity index (χ4v) is 4.92. The zero-order chi connectivity index (χ0) is 23.5. The highest BCUT2D eigenvalue weighted by molar-refractivity contribution is 6.02. The third-order valence-electron chi connectivity index (χ3n) is 6.56. The third kappa shape index (κ3) is 5.35. The van der Waals surface area contributed by atoms with Crippen LogP contribution in [-0.2, 0) is 33.6 Å². The van der Waals surface area contributed by atoms with Gasteiger partial charge in [-0.15, -0.1) is 0 Å². The summed E-state index contributed by atoms with van der Waals surface area (Å²) in [5, 5.41) is 21.9. The monoisotopic (exact) mass is 451 g/mol. The number of carbonyl (C=O) groups excluding carboxylic acids is 2. The van der Waals surface area contributed by atoms with Crippen molar-refractivity contribution >= 4 is 23.3 Å². The van der Waals surface area contributed by atoms with E-state index in [1.165, 1.54) is 0 Å². The molecule has 7 nitrogen and oxygen atoms in total. The first kappa shape index (κ1) is 22.8. The predicted molar refractivity (Wildman–Crippen MR) is 123 cm³/mol. The van der Waals surface area contributed by atoms with Crippen LogP contribution in [0.25, 0.3) is 0 Å². The van der Waals surface area contributed by atoms with E-state index in [1.54, 1.807) is 12.1 Å². The van der Waals surface area contributed by atoms with E-state index in [0.29, 0.717) is 42.4 Å². The second kappa shape index (κ2) is 9.65. The number of aryl methyl sites for hydroxylation is 2. The van der Waals surface area contributed by atoms with Gasteiger partial charge in [-0.25, -0.2) is 0 Å². The Hall–Kier alpha value is -3.35. The zero-order valence-electron chi connectivity index (χ0n) is 18.8. The smallest absolute Gasteiger partial charge is 0.312 e. The summed E-state index contributed by atoms with van der Waals surface area (Å²) >= 11 is 0. The number of amides is 1. The lowest BCUT2D eigenvalue weighted by atomic mass is 9.97. The molecule has 174 valence electrons. The first-order valence-electron chi connectivity index (χ1n) is 11.5. The normalized spacial score (nSPS) is 17.1. The quantitative estimate of drug-likeness (QED) is 0.502. The van der Waals surface area contributed by atoms with Crippen molar-refractivity contribution in [3.8, 4) is 17.2 Å². The third-order valence-corrected chi connectivity index (χ3v) is 6.56. The van der Waals surface area contributed by atoms with E-state index in [4.69, 9.17) is 9.84 Å². The van der Waals surface area contributed by atoms with E-state index in [1.807, 2.05) is 19.1 Å². The van der Waals surface area contributed by atoms with Crippen molar-refractivity contribution < 1.29 is 29.3 Å². The first-order chi connectivity index (χ1) is 15.8. The Morgan fingerprint density at radius 1 is 1.15 bits per heavy atom. The van der Waals surface area contributed by atoms with Gasteiger partial charge in [-0.1, -0.05) is 0 Å². The van der Waals surface area contributed by atoms with Crippen LogP contribution in [0.2, 0.25) is 0 Å². The Kier molecular flexibility index (Phi) is 6.67. The number of Topliss-reactive ketones (excluding diaryl/α,β-unsaturated/α-hetero) is 1. The molecule has 1 saturated carbocycles. The maximum Gasteiger partial charge on any atom is 0.312 e. The van der Waals surface area contributed by atoms with Gasteiger partial charge >= 0.3 is 5.97 Å². The molecule has 0 aromatic heterocycles. The van der Waals surface area contributed by atoms with Gasteiger partial charge < -0.3 is 20.3 Å². The van der Waals surface area contributed by atoms with E-state index in [-0.39, 0.29) is 5.75 Å². The van der Waals surface area contributed by atoms with Crippen LogP contribution in [0.15, 0.2) is 24.3 Å². The van der Waals surface area contributed by atoms with E-state index >= 15 is 0 Å². The highest BCUT2D eigenvalue weighted by Gasteiger charge is 2.24. The van der Waals surface area contributed by atoms with E-state index in [2.05, 4.69) is 5.32 Å². The summed E-state index contributed by atoms with van der Waals surface area (Å²) in [6.45, 7) is 1.90. The average Bonchev–Trinajstić information content (AvgIpc) is 3.39. The number of ether oxygens (including phenoxy) is 1. The maximum absolute atomic E-state index is 12.0. The average molecular weight is 452 g/mol. The molecule has 1 atom stereocenters. The summed E-state index contributed by atoms with van der Waals surface area (Å²) in [6, 6.07) is 7.06. The zero-order valence-corrected chi connectivity index (χ0v) is 18.8. The molecular formula is C26H29NO6. The number of hydrogen-bond donors (Lipinski definition) is 3. The number of fused-ring (bicyclic) bond motifs is 1. The lowest BCUT2D eigenvalue weighted by Gasteiger charge is -2.18. The topological polar surface area (TPSA) is 113 Å².